The highest BCUT2D eigenvalue weighted by Crippen LogP contribution is 2.33. The lowest BCUT2D eigenvalue weighted by molar-refractivity contribution is 0.172. The summed E-state index contributed by atoms with van der Waals surface area (Å²) in [5.74, 6) is 1.43. The first-order chi connectivity index (χ1) is 16.5. The summed E-state index contributed by atoms with van der Waals surface area (Å²) in [5.41, 5.74) is 1.85. The Balaban J connectivity index is 0.00000289. The van der Waals surface area contributed by atoms with Crippen molar-refractivity contribution in [2.45, 2.75) is 11.4 Å². The standard InChI is InChI=1S/C25H24FN3O4S.ClH/c26-21-7-9-22(10-8-21)34(30,31)27-25(20-4-2-1-3-5-20)29-14-12-28(13-15-29)17-19-6-11-23-24(16-19)33-18-32-23;/h1-11,16H,12-15,17-18H2;1H/b27-25+;. The zero-order valence-electron chi connectivity index (χ0n) is 18.8. The van der Waals surface area contributed by atoms with Crippen LogP contribution in [0.2, 0.25) is 0 Å². The third-order valence-corrected chi connectivity index (χ3v) is 7.15. The molecule has 184 valence electrons. The van der Waals surface area contributed by atoms with Crippen LogP contribution in [-0.4, -0.2) is 57.0 Å². The molecule has 2 aliphatic heterocycles. The number of hydrogen-bond donors (Lipinski definition) is 0. The number of rotatable bonds is 5. The molecule has 1 saturated heterocycles. The van der Waals surface area contributed by atoms with E-state index in [1.807, 2.05) is 53.4 Å². The van der Waals surface area contributed by atoms with Gasteiger partial charge in [-0.2, -0.15) is 8.42 Å². The fourth-order valence-electron chi connectivity index (χ4n) is 4.07. The first kappa shape index (κ1) is 25.0. The minimum Gasteiger partial charge on any atom is -0.454 e. The van der Waals surface area contributed by atoms with Gasteiger partial charge in [0, 0.05) is 38.3 Å². The van der Waals surface area contributed by atoms with Gasteiger partial charge in [-0.05, 0) is 42.0 Å². The van der Waals surface area contributed by atoms with Crippen molar-refractivity contribution in [1.82, 2.24) is 9.80 Å². The van der Waals surface area contributed by atoms with Crippen LogP contribution in [0.25, 0.3) is 0 Å². The van der Waals surface area contributed by atoms with Gasteiger partial charge in [-0.25, -0.2) is 4.39 Å². The van der Waals surface area contributed by atoms with E-state index in [1.165, 1.54) is 12.1 Å². The maximum Gasteiger partial charge on any atom is 0.284 e. The molecule has 0 radical (unpaired) electrons. The average molecular weight is 518 g/mol. The summed E-state index contributed by atoms with van der Waals surface area (Å²) < 4.78 is 54.3. The van der Waals surface area contributed by atoms with E-state index in [4.69, 9.17) is 9.47 Å². The third kappa shape index (κ3) is 5.75. The van der Waals surface area contributed by atoms with E-state index in [1.54, 1.807) is 0 Å². The van der Waals surface area contributed by atoms with Gasteiger partial charge in [0.2, 0.25) is 6.79 Å². The number of piperazine rings is 1. The Morgan fingerprint density at radius 1 is 0.886 bits per heavy atom. The smallest absolute Gasteiger partial charge is 0.284 e. The summed E-state index contributed by atoms with van der Waals surface area (Å²) in [5, 5.41) is 0. The van der Waals surface area contributed by atoms with E-state index in [9.17, 15) is 12.8 Å². The molecular weight excluding hydrogens is 493 g/mol. The second-order valence-electron chi connectivity index (χ2n) is 8.16. The molecule has 0 aliphatic carbocycles. The van der Waals surface area contributed by atoms with Crippen LogP contribution < -0.4 is 9.47 Å². The van der Waals surface area contributed by atoms with Crippen LogP contribution in [0.15, 0.2) is 82.1 Å². The lowest BCUT2D eigenvalue weighted by atomic mass is 10.1. The number of halogens is 2. The second kappa shape index (κ2) is 10.6. The highest BCUT2D eigenvalue weighted by atomic mass is 35.5. The van der Waals surface area contributed by atoms with Gasteiger partial charge in [0.1, 0.15) is 11.7 Å². The molecule has 3 aromatic carbocycles. The molecule has 5 rings (SSSR count). The van der Waals surface area contributed by atoms with Gasteiger partial charge in [-0.3, -0.25) is 4.90 Å². The van der Waals surface area contributed by atoms with Crippen LogP contribution in [0.3, 0.4) is 0 Å². The fourth-order valence-corrected chi connectivity index (χ4v) is 5.10. The van der Waals surface area contributed by atoms with E-state index in [-0.39, 0.29) is 24.1 Å². The van der Waals surface area contributed by atoms with Crippen LogP contribution in [0, 0.1) is 5.82 Å². The predicted octanol–water partition coefficient (Wildman–Crippen LogP) is 3.93. The molecule has 0 amide bonds. The van der Waals surface area contributed by atoms with Gasteiger partial charge >= 0.3 is 0 Å². The maximum atomic E-state index is 13.3. The molecule has 0 aromatic heterocycles. The van der Waals surface area contributed by atoms with Crippen LogP contribution in [0.1, 0.15) is 11.1 Å². The molecule has 35 heavy (non-hydrogen) atoms. The molecule has 0 saturated carbocycles. The molecule has 0 spiro atoms. The van der Waals surface area contributed by atoms with Gasteiger partial charge in [0.25, 0.3) is 10.0 Å². The quantitative estimate of drug-likeness (QED) is 0.377. The Morgan fingerprint density at radius 3 is 2.29 bits per heavy atom. The second-order valence-corrected chi connectivity index (χ2v) is 9.76. The molecule has 7 nitrogen and oxygen atoms in total. The molecule has 2 aliphatic rings. The fraction of sp³-hybridized carbons (Fsp3) is 0.240. The molecule has 2 heterocycles. The Morgan fingerprint density at radius 2 is 1.57 bits per heavy atom. The first-order valence-corrected chi connectivity index (χ1v) is 12.4. The number of amidine groups is 1. The summed E-state index contributed by atoms with van der Waals surface area (Å²) in [7, 11) is -4.00. The van der Waals surface area contributed by atoms with Crippen molar-refractivity contribution in [3.05, 3.63) is 89.7 Å². The van der Waals surface area contributed by atoms with Gasteiger partial charge in [0.05, 0.1) is 4.90 Å². The molecule has 0 bridgehead atoms. The van der Waals surface area contributed by atoms with Crippen molar-refractivity contribution >= 4 is 28.3 Å². The summed E-state index contributed by atoms with van der Waals surface area (Å²) in [4.78, 5) is 4.27. The van der Waals surface area contributed by atoms with E-state index in [0.717, 1.165) is 54.4 Å². The Kier molecular flexibility index (Phi) is 7.59. The first-order valence-electron chi connectivity index (χ1n) is 11.0. The van der Waals surface area contributed by atoms with Crippen molar-refractivity contribution in [2.75, 3.05) is 33.0 Å². The molecule has 3 aromatic rings. The number of sulfonamides is 1. The van der Waals surface area contributed by atoms with Crippen molar-refractivity contribution in [1.29, 1.82) is 0 Å². The minimum atomic E-state index is -4.00. The van der Waals surface area contributed by atoms with Crippen LogP contribution in [0.4, 0.5) is 4.39 Å². The molecule has 1 fully saturated rings. The zero-order valence-corrected chi connectivity index (χ0v) is 20.5. The monoisotopic (exact) mass is 517 g/mol. The topological polar surface area (TPSA) is 71.4 Å². The summed E-state index contributed by atoms with van der Waals surface area (Å²) in [6, 6.07) is 20.0. The van der Waals surface area contributed by atoms with Crippen LogP contribution in [0.5, 0.6) is 11.5 Å². The molecule has 0 atom stereocenters. The van der Waals surface area contributed by atoms with Gasteiger partial charge in [-0.1, -0.05) is 36.4 Å². The summed E-state index contributed by atoms with van der Waals surface area (Å²) in [6.45, 7) is 3.75. The van der Waals surface area contributed by atoms with Crippen molar-refractivity contribution in [3.63, 3.8) is 0 Å². The van der Waals surface area contributed by atoms with Gasteiger partial charge in [0.15, 0.2) is 11.5 Å². The van der Waals surface area contributed by atoms with Gasteiger partial charge < -0.3 is 14.4 Å². The Labute approximate surface area is 210 Å². The summed E-state index contributed by atoms with van der Waals surface area (Å²) in [6.07, 6.45) is 0. The number of benzene rings is 3. The number of fused-ring (bicyclic) bond motifs is 1. The number of hydrogen-bond acceptors (Lipinski definition) is 5. The SMILES string of the molecule is Cl.O=S(=O)(/N=C(\c1ccccc1)N1CCN(Cc2ccc3c(c2)OCO3)CC1)c1ccc(F)cc1. The normalized spacial score (nSPS) is 16.1. The lowest BCUT2D eigenvalue weighted by Gasteiger charge is -2.36. The molecule has 10 heteroatoms. The van der Waals surface area contributed by atoms with Crippen LogP contribution >= 0.6 is 12.4 Å². The lowest BCUT2D eigenvalue weighted by Crippen LogP contribution is -2.48. The van der Waals surface area contributed by atoms with Gasteiger partial charge in [-0.15, -0.1) is 16.8 Å². The van der Waals surface area contributed by atoms with E-state index in [2.05, 4.69) is 9.30 Å². The van der Waals surface area contributed by atoms with Crippen molar-refractivity contribution in [3.8, 4) is 11.5 Å². The van der Waals surface area contributed by atoms with E-state index < -0.39 is 15.8 Å². The highest BCUT2D eigenvalue weighted by molar-refractivity contribution is 7.90. The molecule has 0 N–H and O–H groups in total. The number of ether oxygens (including phenoxy) is 2. The van der Waals surface area contributed by atoms with Crippen molar-refractivity contribution in [2.24, 2.45) is 4.40 Å². The van der Waals surface area contributed by atoms with Crippen molar-refractivity contribution < 1.29 is 22.3 Å². The zero-order chi connectivity index (χ0) is 23.5. The molecule has 0 unspecified atom stereocenters. The Bertz CT molecular complexity index is 1300. The molecular formula is C25H25ClFN3O4S. The maximum absolute atomic E-state index is 13.3. The number of nitrogens with zero attached hydrogens (tertiary/aromatic N) is 3. The van der Waals surface area contributed by atoms with E-state index in [0.29, 0.717) is 18.9 Å². The van der Waals surface area contributed by atoms with E-state index >= 15 is 0 Å². The summed E-state index contributed by atoms with van der Waals surface area (Å²) >= 11 is 0. The Hall–Kier alpha value is -3.14. The highest BCUT2D eigenvalue weighted by Gasteiger charge is 2.24. The minimum absolute atomic E-state index is 0. The van der Waals surface area contributed by atoms with Crippen LogP contribution in [-0.2, 0) is 16.6 Å². The third-order valence-electron chi connectivity index (χ3n) is 5.87. The predicted molar refractivity (Wildman–Crippen MR) is 133 cm³/mol. The average Bonchev–Trinajstić information content (AvgIpc) is 3.32. The largest absolute Gasteiger partial charge is 0.454 e.